The SMILES string of the molecule is COc1cccc(OC)c1C(c1ccccc1C(F)(F)F)N1CCCC(C(=O)O)C1. The van der Waals surface area contributed by atoms with E-state index in [4.69, 9.17) is 9.47 Å². The fourth-order valence-electron chi connectivity index (χ4n) is 4.12. The third kappa shape index (κ3) is 4.38. The molecule has 0 spiro atoms. The van der Waals surface area contributed by atoms with Gasteiger partial charge in [-0.15, -0.1) is 0 Å². The Morgan fingerprint density at radius 3 is 2.30 bits per heavy atom. The summed E-state index contributed by atoms with van der Waals surface area (Å²) in [6.45, 7) is 0.592. The van der Waals surface area contributed by atoms with Crippen molar-refractivity contribution >= 4 is 5.97 Å². The van der Waals surface area contributed by atoms with Gasteiger partial charge in [0.25, 0.3) is 0 Å². The van der Waals surface area contributed by atoms with Crippen LogP contribution in [0.3, 0.4) is 0 Å². The number of piperidine rings is 1. The lowest BCUT2D eigenvalue weighted by atomic mass is 9.88. The van der Waals surface area contributed by atoms with Crippen molar-refractivity contribution < 1.29 is 32.5 Å². The first kappa shape index (κ1) is 22.0. The molecule has 1 heterocycles. The second-order valence-electron chi connectivity index (χ2n) is 7.24. The Kier molecular flexibility index (Phi) is 6.55. The minimum absolute atomic E-state index is 0.0406. The van der Waals surface area contributed by atoms with Crippen LogP contribution in [-0.4, -0.2) is 43.3 Å². The first-order valence-corrected chi connectivity index (χ1v) is 9.61. The molecule has 0 aromatic heterocycles. The average molecular weight is 423 g/mol. The molecular formula is C22H24F3NO4. The zero-order chi connectivity index (χ0) is 21.9. The number of hydrogen-bond acceptors (Lipinski definition) is 4. The molecule has 2 atom stereocenters. The van der Waals surface area contributed by atoms with E-state index in [1.807, 2.05) is 0 Å². The third-order valence-corrected chi connectivity index (χ3v) is 5.47. The molecule has 0 saturated carbocycles. The number of nitrogens with zero attached hydrogens (tertiary/aromatic N) is 1. The summed E-state index contributed by atoms with van der Waals surface area (Å²) >= 11 is 0. The Balaban J connectivity index is 2.24. The van der Waals surface area contributed by atoms with Crippen LogP contribution in [0.5, 0.6) is 11.5 Å². The lowest BCUT2D eigenvalue weighted by molar-refractivity contribution is -0.144. The van der Waals surface area contributed by atoms with Gasteiger partial charge in [0.1, 0.15) is 11.5 Å². The predicted octanol–water partition coefficient (Wildman–Crippen LogP) is 4.61. The van der Waals surface area contributed by atoms with E-state index in [0.717, 1.165) is 6.07 Å². The smallest absolute Gasteiger partial charge is 0.416 e. The fourth-order valence-corrected chi connectivity index (χ4v) is 4.12. The highest BCUT2D eigenvalue weighted by Crippen LogP contribution is 2.45. The van der Waals surface area contributed by atoms with Crippen molar-refractivity contribution in [2.24, 2.45) is 5.92 Å². The molecule has 162 valence electrons. The quantitative estimate of drug-likeness (QED) is 0.736. The molecule has 1 fully saturated rings. The lowest BCUT2D eigenvalue weighted by Crippen LogP contribution is -2.42. The number of aliphatic carboxylic acids is 1. The average Bonchev–Trinajstić information content (AvgIpc) is 2.74. The largest absolute Gasteiger partial charge is 0.496 e. The van der Waals surface area contributed by atoms with Crippen molar-refractivity contribution in [2.75, 3.05) is 27.3 Å². The van der Waals surface area contributed by atoms with Gasteiger partial charge in [0, 0.05) is 6.54 Å². The van der Waals surface area contributed by atoms with Crippen LogP contribution in [0.4, 0.5) is 13.2 Å². The molecule has 1 N–H and O–H groups in total. The van der Waals surface area contributed by atoms with Crippen LogP contribution in [-0.2, 0) is 11.0 Å². The summed E-state index contributed by atoms with van der Waals surface area (Å²) in [5.41, 5.74) is -0.274. The van der Waals surface area contributed by atoms with Gasteiger partial charge >= 0.3 is 12.1 Å². The number of benzene rings is 2. The van der Waals surface area contributed by atoms with Crippen LogP contribution in [0.1, 0.15) is 35.6 Å². The first-order chi connectivity index (χ1) is 14.3. The summed E-state index contributed by atoms with van der Waals surface area (Å²) in [6.07, 6.45) is -3.51. The molecule has 0 aliphatic carbocycles. The van der Waals surface area contributed by atoms with E-state index >= 15 is 0 Å². The molecule has 2 aromatic rings. The molecule has 1 saturated heterocycles. The number of carbonyl (C=O) groups is 1. The summed E-state index contributed by atoms with van der Waals surface area (Å²) in [4.78, 5) is 13.4. The monoisotopic (exact) mass is 423 g/mol. The molecule has 0 radical (unpaired) electrons. The second-order valence-corrected chi connectivity index (χ2v) is 7.24. The number of methoxy groups -OCH3 is 2. The van der Waals surface area contributed by atoms with Gasteiger partial charge in [-0.3, -0.25) is 9.69 Å². The summed E-state index contributed by atoms with van der Waals surface area (Å²) in [6, 6.07) is 9.53. The minimum Gasteiger partial charge on any atom is -0.496 e. The van der Waals surface area contributed by atoms with E-state index < -0.39 is 29.7 Å². The number of halogens is 3. The zero-order valence-corrected chi connectivity index (χ0v) is 16.8. The summed E-state index contributed by atoms with van der Waals surface area (Å²) < 4.78 is 52.6. The van der Waals surface area contributed by atoms with E-state index in [2.05, 4.69) is 0 Å². The Morgan fingerprint density at radius 2 is 1.73 bits per heavy atom. The van der Waals surface area contributed by atoms with Crippen LogP contribution in [0.2, 0.25) is 0 Å². The normalized spacial score (nSPS) is 18.6. The van der Waals surface area contributed by atoms with Gasteiger partial charge in [-0.2, -0.15) is 13.2 Å². The van der Waals surface area contributed by atoms with Gasteiger partial charge in [0.05, 0.1) is 37.3 Å². The first-order valence-electron chi connectivity index (χ1n) is 9.61. The summed E-state index contributed by atoms with van der Waals surface area (Å²) in [7, 11) is 2.89. The van der Waals surface area contributed by atoms with Crippen molar-refractivity contribution in [3.05, 3.63) is 59.2 Å². The topological polar surface area (TPSA) is 59.0 Å². The van der Waals surface area contributed by atoms with Gasteiger partial charge in [-0.25, -0.2) is 0 Å². The standard InChI is InChI=1S/C22H24F3NO4/c1-29-17-10-5-11-18(30-2)19(17)20(26-12-6-7-14(13-26)21(27)28)15-8-3-4-9-16(15)22(23,24)25/h3-5,8-11,14,20H,6-7,12-13H2,1-2H3,(H,27,28). The number of carboxylic acids is 1. The molecule has 1 aliphatic heterocycles. The Hall–Kier alpha value is -2.74. The maximum absolute atomic E-state index is 13.9. The van der Waals surface area contributed by atoms with Crippen LogP contribution in [0, 0.1) is 5.92 Å². The highest BCUT2D eigenvalue weighted by Gasteiger charge is 2.40. The van der Waals surface area contributed by atoms with Gasteiger partial charge in [0.15, 0.2) is 0 Å². The van der Waals surface area contributed by atoms with Crippen molar-refractivity contribution in [2.45, 2.75) is 25.1 Å². The van der Waals surface area contributed by atoms with E-state index in [0.29, 0.717) is 36.4 Å². The van der Waals surface area contributed by atoms with Crippen LogP contribution < -0.4 is 9.47 Å². The van der Waals surface area contributed by atoms with Crippen molar-refractivity contribution in [3.63, 3.8) is 0 Å². The van der Waals surface area contributed by atoms with E-state index in [1.165, 1.54) is 26.4 Å². The summed E-state index contributed by atoms with van der Waals surface area (Å²) in [5, 5.41) is 9.51. The van der Waals surface area contributed by atoms with Gasteiger partial charge in [0.2, 0.25) is 0 Å². The maximum atomic E-state index is 13.9. The Bertz CT molecular complexity index is 878. The number of ether oxygens (including phenoxy) is 2. The molecule has 3 rings (SSSR count). The number of hydrogen-bond donors (Lipinski definition) is 1. The van der Waals surface area contributed by atoms with Gasteiger partial charge in [-0.05, 0) is 43.1 Å². The highest BCUT2D eigenvalue weighted by atomic mass is 19.4. The number of alkyl halides is 3. The van der Waals surface area contributed by atoms with Crippen LogP contribution in [0.15, 0.2) is 42.5 Å². The molecular weight excluding hydrogens is 399 g/mol. The maximum Gasteiger partial charge on any atom is 0.416 e. The molecule has 30 heavy (non-hydrogen) atoms. The zero-order valence-electron chi connectivity index (χ0n) is 16.8. The van der Waals surface area contributed by atoms with Crippen molar-refractivity contribution in [1.82, 2.24) is 4.90 Å². The fraction of sp³-hybridized carbons (Fsp3) is 0.409. The third-order valence-electron chi connectivity index (χ3n) is 5.47. The summed E-state index contributed by atoms with van der Waals surface area (Å²) in [5.74, 6) is -0.836. The molecule has 5 nitrogen and oxygen atoms in total. The molecule has 0 bridgehead atoms. The second kappa shape index (κ2) is 8.95. The molecule has 2 aromatic carbocycles. The molecule has 2 unspecified atom stereocenters. The molecule has 8 heteroatoms. The number of carboxylic acid groups (broad SMARTS) is 1. The van der Waals surface area contributed by atoms with Gasteiger partial charge < -0.3 is 14.6 Å². The highest BCUT2D eigenvalue weighted by molar-refractivity contribution is 5.70. The Labute approximate surface area is 173 Å². The lowest BCUT2D eigenvalue weighted by Gasteiger charge is -2.39. The minimum atomic E-state index is -4.56. The molecule has 1 aliphatic rings. The molecule has 0 amide bonds. The number of likely N-dealkylation sites (tertiary alicyclic amines) is 1. The van der Waals surface area contributed by atoms with E-state index in [1.54, 1.807) is 29.2 Å². The van der Waals surface area contributed by atoms with E-state index in [9.17, 15) is 23.1 Å². The van der Waals surface area contributed by atoms with Crippen LogP contribution in [0.25, 0.3) is 0 Å². The van der Waals surface area contributed by atoms with Gasteiger partial charge in [-0.1, -0.05) is 24.3 Å². The Morgan fingerprint density at radius 1 is 1.10 bits per heavy atom. The van der Waals surface area contributed by atoms with Crippen LogP contribution >= 0.6 is 0 Å². The van der Waals surface area contributed by atoms with E-state index in [-0.39, 0.29) is 12.1 Å². The number of rotatable bonds is 6. The van der Waals surface area contributed by atoms with Crippen molar-refractivity contribution in [3.8, 4) is 11.5 Å². The predicted molar refractivity (Wildman–Crippen MR) is 105 cm³/mol. The van der Waals surface area contributed by atoms with Crippen molar-refractivity contribution in [1.29, 1.82) is 0 Å².